The average molecular weight is 272 g/mol. The molecular formula is C11H12O8. The molecule has 8 heteroatoms. The van der Waals surface area contributed by atoms with Crippen LogP contribution < -0.4 is 0 Å². The predicted molar refractivity (Wildman–Crippen MR) is 59.9 cm³/mol. The number of carbonyl (C=O) groups excluding carboxylic acids is 3. The Morgan fingerprint density at radius 3 is 2.00 bits per heavy atom. The summed E-state index contributed by atoms with van der Waals surface area (Å²) >= 11 is 0. The van der Waals surface area contributed by atoms with E-state index >= 15 is 0 Å². The van der Waals surface area contributed by atoms with Gasteiger partial charge in [-0.1, -0.05) is 0 Å². The van der Waals surface area contributed by atoms with Gasteiger partial charge >= 0.3 is 17.9 Å². The van der Waals surface area contributed by atoms with Crippen LogP contribution in [0.4, 0.5) is 0 Å². The van der Waals surface area contributed by atoms with Gasteiger partial charge < -0.3 is 19.7 Å². The van der Waals surface area contributed by atoms with Gasteiger partial charge in [0.2, 0.25) is 0 Å². The first-order valence-corrected chi connectivity index (χ1v) is 5.00. The van der Waals surface area contributed by atoms with Gasteiger partial charge in [-0.15, -0.1) is 0 Å². The number of aliphatic hydroxyl groups is 1. The van der Waals surface area contributed by atoms with Gasteiger partial charge in [-0.05, 0) is 6.08 Å². The molecule has 2 N–H and O–H groups in total. The fourth-order valence-corrected chi connectivity index (χ4v) is 0.758. The first-order valence-electron chi connectivity index (χ1n) is 5.00. The molecule has 0 rings (SSSR count). The summed E-state index contributed by atoms with van der Waals surface area (Å²) in [4.78, 5) is 41.7. The lowest BCUT2D eigenvalue weighted by atomic mass is 10.4. The Morgan fingerprint density at radius 2 is 1.53 bits per heavy atom. The van der Waals surface area contributed by atoms with Gasteiger partial charge in [-0.2, -0.15) is 0 Å². The van der Waals surface area contributed by atoms with E-state index in [1.165, 1.54) is 0 Å². The molecule has 0 aromatic rings. The van der Waals surface area contributed by atoms with Crippen LogP contribution in [0.5, 0.6) is 0 Å². The fraction of sp³-hybridized carbons (Fsp3) is 0.273. The van der Waals surface area contributed by atoms with Crippen LogP contribution in [0, 0.1) is 0 Å². The Labute approximate surface area is 107 Å². The smallest absolute Gasteiger partial charge is 0.331 e. The molecule has 0 aliphatic heterocycles. The zero-order valence-electron chi connectivity index (χ0n) is 9.72. The van der Waals surface area contributed by atoms with Crippen molar-refractivity contribution in [2.24, 2.45) is 0 Å². The number of aliphatic hydroxyl groups excluding tert-OH is 1. The fourth-order valence-electron chi connectivity index (χ4n) is 0.758. The molecule has 0 amide bonds. The number of aldehydes is 1. The molecule has 0 aromatic heterocycles. The predicted octanol–water partition coefficient (Wildman–Crippen LogP) is -1.17. The number of esters is 2. The van der Waals surface area contributed by atoms with E-state index in [-0.39, 0.29) is 0 Å². The third-order valence-electron chi connectivity index (χ3n) is 1.51. The number of rotatable bonds is 8. The summed E-state index contributed by atoms with van der Waals surface area (Å²) in [5.74, 6) is -3.09. The summed E-state index contributed by atoms with van der Waals surface area (Å²) in [6, 6.07) is 0. The van der Waals surface area contributed by atoms with Crippen LogP contribution in [0.15, 0.2) is 24.3 Å². The third kappa shape index (κ3) is 10.4. The minimum absolute atomic E-state index is 0.383. The molecule has 0 saturated carbocycles. The quantitative estimate of drug-likeness (QED) is 0.321. The zero-order valence-corrected chi connectivity index (χ0v) is 9.72. The van der Waals surface area contributed by atoms with Crippen LogP contribution >= 0.6 is 0 Å². The van der Waals surface area contributed by atoms with Crippen molar-refractivity contribution in [2.45, 2.75) is 6.10 Å². The highest BCUT2D eigenvalue weighted by atomic mass is 16.6. The molecule has 104 valence electrons. The molecule has 0 spiro atoms. The van der Waals surface area contributed by atoms with Gasteiger partial charge in [0.15, 0.2) is 0 Å². The molecule has 0 bridgehead atoms. The highest BCUT2D eigenvalue weighted by Gasteiger charge is 2.09. The van der Waals surface area contributed by atoms with Gasteiger partial charge in [0.05, 0.1) is 0 Å². The summed E-state index contributed by atoms with van der Waals surface area (Å²) in [6.07, 6.45) is 2.17. The standard InChI is InChI=1S/C11H12O8/c12-5-1-2-10(16)18-6-8(13)7-19-11(17)4-3-9(14)15/h1-5,8,13H,6-7H2,(H,14,15)/b2-1-,4-3-. The summed E-state index contributed by atoms with van der Waals surface area (Å²) in [5.41, 5.74) is 0. The minimum Gasteiger partial charge on any atom is -0.478 e. The zero-order chi connectivity index (χ0) is 14.7. The van der Waals surface area contributed by atoms with E-state index in [0.717, 1.165) is 12.2 Å². The van der Waals surface area contributed by atoms with Gasteiger partial charge in [-0.3, -0.25) is 4.79 Å². The average Bonchev–Trinajstić information content (AvgIpc) is 2.37. The first kappa shape index (κ1) is 16.5. The van der Waals surface area contributed by atoms with Crippen molar-refractivity contribution in [1.29, 1.82) is 0 Å². The van der Waals surface area contributed by atoms with Gasteiger partial charge in [0.1, 0.15) is 25.6 Å². The monoisotopic (exact) mass is 272 g/mol. The van der Waals surface area contributed by atoms with E-state index in [0.29, 0.717) is 18.4 Å². The van der Waals surface area contributed by atoms with Crippen molar-refractivity contribution in [2.75, 3.05) is 13.2 Å². The molecular weight excluding hydrogens is 260 g/mol. The van der Waals surface area contributed by atoms with Crippen molar-refractivity contribution in [3.8, 4) is 0 Å². The number of hydrogen-bond donors (Lipinski definition) is 2. The maximum Gasteiger partial charge on any atom is 0.331 e. The van der Waals surface area contributed by atoms with Crippen LogP contribution in [-0.4, -0.2) is 53.7 Å². The van der Waals surface area contributed by atoms with Crippen molar-refractivity contribution < 1.29 is 38.9 Å². The number of ether oxygens (including phenoxy) is 2. The van der Waals surface area contributed by atoms with Crippen LogP contribution in [0.25, 0.3) is 0 Å². The number of carboxylic acids is 1. The van der Waals surface area contributed by atoms with E-state index in [1.807, 2.05) is 0 Å². The highest BCUT2D eigenvalue weighted by Crippen LogP contribution is 1.91. The molecule has 1 unspecified atom stereocenters. The second-order valence-corrected chi connectivity index (χ2v) is 3.08. The SMILES string of the molecule is O=C/C=C\C(=O)OCC(O)COC(=O)/C=C\C(=O)O. The van der Waals surface area contributed by atoms with Crippen LogP contribution in [0.1, 0.15) is 0 Å². The molecule has 0 heterocycles. The van der Waals surface area contributed by atoms with Crippen molar-refractivity contribution in [3.63, 3.8) is 0 Å². The third-order valence-corrected chi connectivity index (χ3v) is 1.51. The normalized spacial score (nSPS) is 12.3. The minimum atomic E-state index is -1.31. The lowest BCUT2D eigenvalue weighted by Crippen LogP contribution is -2.24. The van der Waals surface area contributed by atoms with Crippen molar-refractivity contribution in [1.82, 2.24) is 0 Å². The second kappa shape index (κ2) is 9.54. The maximum absolute atomic E-state index is 10.9. The van der Waals surface area contributed by atoms with Crippen molar-refractivity contribution >= 4 is 24.2 Å². The Hall–Kier alpha value is -2.48. The Kier molecular flexibility index (Phi) is 8.29. The summed E-state index contributed by atoms with van der Waals surface area (Å²) in [6.45, 7) is -0.897. The molecule has 0 aliphatic carbocycles. The van der Waals surface area contributed by atoms with Crippen LogP contribution in [0.3, 0.4) is 0 Å². The van der Waals surface area contributed by atoms with Crippen LogP contribution in [0.2, 0.25) is 0 Å². The second-order valence-electron chi connectivity index (χ2n) is 3.08. The molecule has 0 aliphatic rings. The summed E-state index contributed by atoms with van der Waals surface area (Å²) in [7, 11) is 0. The molecule has 8 nitrogen and oxygen atoms in total. The highest BCUT2D eigenvalue weighted by molar-refractivity contribution is 5.90. The first-order chi connectivity index (χ1) is 8.95. The molecule has 0 saturated heterocycles. The lowest BCUT2D eigenvalue weighted by molar-refractivity contribution is -0.146. The Morgan fingerprint density at radius 1 is 1.00 bits per heavy atom. The number of allylic oxidation sites excluding steroid dienone is 1. The van der Waals surface area contributed by atoms with E-state index in [9.17, 15) is 24.3 Å². The molecule has 1 atom stereocenters. The van der Waals surface area contributed by atoms with Crippen molar-refractivity contribution in [3.05, 3.63) is 24.3 Å². The van der Waals surface area contributed by atoms with E-state index in [1.54, 1.807) is 0 Å². The number of carbonyl (C=O) groups is 4. The summed E-state index contributed by atoms with van der Waals surface area (Å²) < 4.78 is 8.96. The maximum atomic E-state index is 10.9. The summed E-state index contributed by atoms with van der Waals surface area (Å²) in [5, 5.41) is 17.5. The molecule has 0 fully saturated rings. The lowest BCUT2D eigenvalue weighted by Gasteiger charge is -2.09. The Bertz CT molecular complexity index is 395. The van der Waals surface area contributed by atoms with E-state index < -0.39 is 37.2 Å². The van der Waals surface area contributed by atoms with Crippen LogP contribution in [-0.2, 0) is 28.7 Å². The van der Waals surface area contributed by atoms with Gasteiger partial charge in [-0.25, -0.2) is 14.4 Å². The van der Waals surface area contributed by atoms with E-state index in [4.69, 9.17) is 5.11 Å². The number of hydrogen-bond acceptors (Lipinski definition) is 7. The van der Waals surface area contributed by atoms with E-state index in [2.05, 4.69) is 9.47 Å². The Balaban J connectivity index is 3.87. The topological polar surface area (TPSA) is 127 Å². The van der Waals surface area contributed by atoms with Gasteiger partial charge in [0.25, 0.3) is 0 Å². The molecule has 0 radical (unpaired) electrons. The molecule has 19 heavy (non-hydrogen) atoms. The molecule has 0 aromatic carbocycles. The number of aliphatic carboxylic acids is 1. The van der Waals surface area contributed by atoms with Gasteiger partial charge in [0, 0.05) is 18.2 Å². The largest absolute Gasteiger partial charge is 0.478 e. The number of carboxylic acid groups (broad SMARTS) is 1.